The summed E-state index contributed by atoms with van der Waals surface area (Å²) in [5.41, 5.74) is 5.54. The molecular formula is C12H26N2O. The number of aliphatic hydroxyl groups excluding tert-OH is 1. The van der Waals surface area contributed by atoms with Crippen molar-refractivity contribution in [2.75, 3.05) is 19.7 Å². The number of nitrogens with two attached hydrogens (primary N) is 1. The van der Waals surface area contributed by atoms with Crippen molar-refractivity contribution in [1.29, 1.82) is 0 Å². The molecule has 0 spiro atoms. The summed E-state index contributed by atoms with van der Waals surface area (Å²) in [7, 11) is 0. The van der Waals surface area contributed by atoms with Gasteiger partial charge >= 0.3 is 0 Å². The molecule has 1 fully saturated rings. The van der Waals surface area contributed by atoms with Crippen molar-refractivity contribution in [3.63, 3.8) is 0 Å². The Labute approximate surface area is 93.6 Å². The lowest BCUT2D eigenvalue weighted by Gasteiger charge is -2.31. The van der Waals surface area contributed by atoms with E-state index >= 15 is 0 Å². The highest BCUT2D eigenvalue weighted by molar-refractivity contribution is 4.88. The summed E-state index contributed by atoms with van der Waals surface area (Å²) in [5, 5.41) is 9.15. The minimum absolute atomic E-state index is 0.0658. The Balaban J connectivity index is 2.45. The molecule has 4 unspecified atom stereocenters. The zero-order valence-corrected chi connectivity index (χ0v) is 10.5. The largest absolute Gasteiger partial charge is 0.394 e. The average molecular weight is 214 g/mol. The summed E-state index contributed by atoms with van der Waals surface area (Å²) < 4.78 is 0. The van der Waals surface area contributed by atoms with Crippen LogP contribution in [0.1, 0.15) is 34.1 Å². The summed E-state index contributed by atoms with van der Waals surface area (Å²) in [5.74, 6) is 1.57. The van der Waals surface area contributed by atoms with Crippen LogP contribution in [0.4, 0.5) is 0 Å². The zero-order valence-electron chi connectivity index (χ0n) is 10.5. The van der Waals surface area contributed by atoms with Crippen LogP contribution in [0.5, 0.6) is 0 Å². The number of hydrogen-bond acceptors (Lipinski definition) is 3. The van der Waals surface area contributed by atoms with E-state index in [1.807, 2.05) is 6.92 Å². The molecule has 1 aliphatic rings. The molecule has 1 heterocycles. The normalized spacial score (nSPS) is 34.0. The van der Waals surface area contributed by atoms with E-state index in [0.29, 0.717) is 6.04 Å². The minimum atomic E-state index is -0.436. The first kappa shape index (κ1) is 12.9. The molecule has 1 aliphatic heterocycles. The van der Waals surface area contributed by atoms with Crippen LogP contribution >= 0.6 is 0 Å². The topological polar surface area (TPSA) is 49.5 Å². The van der Waals surface area contributed by atoms with E-state index in [0.717, 1.165) is 18.3 Å². The Morgan fingerprint density at radius 3 is 2.27 bits per heavy atom. The highest BCUT2D eigenvalue weighted by Crippen LogP contribution is 2.26. The lowest BCUT2D eigenvalue weighted by molar-refractivity contribution is 0.150. The molecule has 0 aromatic heterocycles. The molecule has 15 heavy (non-hydrogen) atoms. The first-order valence-electron chi connectivity index (χ1n) is 5.99. The molecule has 0 amide bonds. The van der Waals surface area contributed by atoms with Gasteiger partial charge in [0.05, 0.1) is 6.61 Å². The van der Waals surface area contributed by atoms with Gasteiger partial charge in [-0.2, -0.15) is 0 Å². The minimum Gasteiger partial charge on any atom is -0.394 e. The smallest absolute Gasteiger partial charge is 0.0609 e. The van der Waals surface area contributed by atoms with E-state index < -0.39 is 5.54 Å². The van der Waals surface area contributed by atoms with E-state index in [9.17, 15) is 0 Å². The van der Waals surface area contributed by atoms with Gasteiger partial charge in [0.2, 0.25) is 0 Å². The van der Waals surface area contributed by atoms with Gasteiger partial charge < -0.3 is 15.7 Å². The fourth-order valence-corrected chi connectivity index (χ4v) is 2.40. The Kier molecular flexibility index (Phi) is 4.15. The Hall–Kier alpha value is -0.120. The lowest BCUT2D eigenvalue weighted by Crippen LogP contribution is -2.46. The predicted octanol–water partition coefficient (Wildman–Crippen LogP) is 1.06. The molecule has 3 heteroatoms. The van der Waals surface area contributed by atoms with Crippen molar-refractivity contribution in [3.05, 3.63) is 0 Å². The summed E-state index contributed by atoms with van der Waals surface area (Å²) in [4.78, 5) is 2.50. The van der Waals surface area contributed by atoms with Crippen molar-refractivity contribution >= 4 is 0 Å². The van der Waals surface area contributed by atoms with Crippen molar-refractivity contribution in [1.82, 2.24) is 4.90 Å². The molecule has 3 nitrogen and oxygen atoms in total. The lowest BCUT2D eigenvalue weighted by atomic mass is 9.95. The van der Waals surface area contributed by atoms with Gasteiger partial charge in [-0.1, -0.05) is 13.8 Å². The number of likely N-dealkylation sites (tertiary alicyclic amines) is 1. The highest BCUT2D eigenvalue weighted by Gasteiger charge is 2.31. The fourth-order valence-electron chi connectivity index (χ4n) is 2.40. The zero-order chi connectivity index (χ0) is 11.6. The van der Waals surface area contributed by atoms with E-state index in [1.54, 1.807) is 0 Å². The van der Waals surface area contributed by atoms with Gasteiger partial charge in [0.1, 0.15) is 0 Å². The predicted molar refractivity (Wildman–Crippen MR) is 63.7 cm³/mol. The first-order chi connectivity index (χ1) is 6.85. The molecule has 3 N–H and O–H groups in total. The van der Waals surface area contributed by atoms with Gasteiger partial charge in [-0.25, -0.2) is 0 Å². The third-order valence-corrected chi connectivity index (χ3v) is 3.76. The van der Waals surface area contributed by atoms with Crippen molar-refractivity contribution in [3.8, 4) is 0 Å². The Morgan fingerprint density at radius 2 is 1.87 bits per heavy atom. The monoisotopic (exact) mass is 214 g/mol. The van der Waals surface area contributed by atoms with Crippen LogP contribution in [-0.4, -0.2) is 41.3 Å². The molecule has 0 aromatic carbocycles. The second-order valence-corrected chi connectivity index (χ2v) is 5.77. The standard InChI is InChI=1S/C12H26N2O/c1-9-6-14(7-10(9)2)11(3)5-12(4,13)8-15/h9-11,15H,5-8,13H2,1-4H3. The van der Waals surface area contributed by atoms with Gasteiger partial charge in [-0.05, 0) is 32.1 Å². The van der Waals surface area contributed by atoms with Gasteiger partial charge in [-0.3, -0.25) is 0 Å². The second-order valence-electron chi connectivity index (χ2n) is 5.77. The number of hydrogen-bond donors (Lipinski definition) is 2. The summed E-state index contributed by atoms with van der Waals surface area (Å²) in [6.07, 6.45) is 0.864. The quantitative estimate of drug-likeness (QED) is 0.736. The van der Waals surface area contributed by atoms with Crippen LogP contribution in [0.25, 0.3) is 0 Å². The van der Waals surface area contributed by atoms with Crippen LogP contribution in [0.3, 0.4) is 0 Å². The maximum Gasteiger partial charge on any atom is 0.0609 e. The van der Waals surface area contributed by atoms with Crippen molar-refractivity contribution in [2.24, 2.45) is 17.6 Å². The van der Waals surface area contributed by atoms with Crippen LogP contribution < -0.4 is 5.73 Å². The van der Waals surface area contributed by atoms with Crippen LogP contribution in [0.15, 0.2) is 0 Å². The fraction of sp³-hybridized carbons (Fsp3) is 1.00. The first-order valence-corrected chi connectivity index (χ1v) is 5.99. The van der Waals surface area contributed by atoms with E-state index in [-0.39, 0.29) is 6.61 Å². The van der Waals surface area contributed by atoms with Crippen molar-refractivity contribution < 1.29 is 5.11 Å². The Bertz CT molecular complexity index is 196. The van der Waals surface area contributed by atoms with Gasteiger partial charge in [0.15, 0.2) is 0 Å². The van der Waals surface area contributed by atoms with Crippen LogP contribution in [0, 0.1) is 11.8 Å². The van der Waals surface area contributed by atoms with Gasteiger partial charge in [0, 0.05) is 24.7 Å². The molecule has 0 radical (unpaired) electrons. The second kappa shape index (κ2) is 4.81. The van der Waals surface area contributed by atoms with Crippen molar-refractivity contribution in [2.45, 2.75) is 45.7 Å². The maximum atomic E-state index is 9.15. The summed E-state index contributed by atoms with van der Waals surface area (Å²) >= 11 is 0. The number of nitrogens with zero attached hydrogens (tertiary/aromatic N) is 1. The number of rotatable bonds is 4. The molecule has 1 rings (SSSR count). The van der Waals surface area contributed by atoms with Gasteiger partial charge in [-0.15, -0.1) is 0 Å². The van der Waals surface area contributed by atoms with Gasteiger partial charge in [0.25, 0.3) is 0 Å². The van der Waals surface area contributed by atoms with Crippen LogP contribution in [-0.2, 0) is 0 Å². The summed E-state index contributed by atoms with van der Waals surface area (Å²) in [6, 6.07) is 0.472. The molecule has 0 bridgehead atoms. The van der Waals surface area contributed by atoms with E-state index in [2.05, 4.69) is 25.7 Å². The summed E-state index contributed by atoms with van der Waals surface area (Å²) in [6.45, 7) is 11.2. The molecule has 4 atom stereocenters. The van der Waals surface area contributed by atoms with Crippen LogP contribution in [0.2, 0.25) is 0 Å². The average Bonchev–Trinajstić information content (AvgIpc) is 2.47. The molecule has 90 valence electrons. The molecule has 0 aromatic rings. The molecule has 0 saturated carbocycles. The molecular weight excluding hydrogens is 188 g/mol. The number of aliphatic hydroxyl groups is 1. The third-order valence-electron chi connectivity index (χ3n) is 3.76. The van der Waals surface area contributed by atoms with E-state index in [1.165, 1.54) is 13.1 Å². The highest BCUT2D eigenvalue weighted by atomic mass is 16.3. The third kappa shape index (κ3) is 3.44. The van der Waals surface area contributed by atoms with E-state index in [4.69, 9.17) is 10.8 Å². The maximum absolute atomic E-state index is 9.15. The SMILES string of the molecule is CC1CN(C(C)CC(C)(N)CO)CC1C. The molecule has 1 saturated heterocycles. The Morgan fingerprint density at radius 1 is 1.40 bits per heavy atom. The molecule has 0 aliphatic carbocycles.